The second-order valence-electron chi connectivity index (χ2n) is 14.6. The van der Waals surface area contributed by atoms with Crippen LogP contribution in [0.4, 0.5) is 4.79 Å². The van der Waals surface area contributed by atoms with E-state index in [0.29, 0.717) is 24.6 Å². The van der Waals surface area contributed by atoms with Crippen molar-refractivity contribution in [3.8, 4) is 33.6 Å². The number of hydrogen-bond acceptors (Lipinski definition) is 12. The van der Waals surface area contributed by atoms with Crippen LogP contribution >= 0.6 is 0 Å². The zero-order valence-corrected chi connectivity index (χ0v) is 32.5. The van der Waals surface area contributed by atoms with Crippen molar-refractivity contribution in [3.63, 3.8) is 0 Å². The number of carbonyl (C=O) groups excluding carboxylic acids is 3. The van der Waals surface area contributed by atoms with E-state index in [1.54, 1.807) is 24.4 Å². The van der Waals surface area contributed by atoms with Crippen LogP contribution < -0.4 is 10.6 Å². The van der Waals surface area contributed by atoms with Crippen molar-refractivity contribution in [1.82, 2.24) is 55.8 Å². The number of H-pyrrole nitrogens is 3. The van der Waals surface area contributed by atoms with Crippen molar-refractivity contribution in [1.29, 1.82) is 0 Å². The van der Waals surface area contributed by atoms with E-state index in [2.05, 4.69) is 77.4 Å². The Morgan fingerprint density at radius 2 is 1.38 bits per heavy atom. The smallest absolute Gasteiger partial charge is 0.407 e. The molecule has 5 aromatic rings. The second-order valence-corrected chi connectivity index (χ2v) is 14.6. The highest BCUT2D eigenvalue weighted by molar-refractivity contribution is 5.86. The Morgan fingerprint density at radius 3 is 1.86 bits per heavy atom. The molecule has 3 aromatic heterocycles. The molecule has 5 N–H and O–H groups in total. The topological polar surface area (TPSA) is 218 Å². The van der Waals surface area contributed by atoms with Gasteiger partial charge in [-0.05, 0) is 54.9 Å². The Balaban J connectivity index is 0.910. The van der Waals surface area contributed by atoms with Crippen molar-refractivity contribution in [2.24, 2.45) is 0 Å². The van der Waals surface area contributed by atoms with Gasteiger partial charge < -0.3 is 44.0 Å². The van der Waals surface area contributed by atoms with Gasteiger partial charge in [-0.25, -0.2) is 14.8 Å². The summed E-state index contributed by atoms with van der Waals surface area (Å²) in [7, 11) is 2.84. The first kappa shape index (κ1) is 38.9. The molecule has 3 amide bonds. The Labute approximate surface area is 334 Å². The number of alkyl carbamates (subject to hydrolysis) is 1. The first-order chi connectivity index (χ1) is 28.3. The average Bonchev–Trinajstić information content (AvgIpc) is 4.09. The van der Waals surface area contributed by atoms with Crippen LogP contribution in [0.15, 0.2) is 67.1 Å². The molecule has 0 aliphatic carbocycles. The van der Waals surface area contributed by atoms with E-state index in [1.807, 2.05) is 30.2 Å². The van der Waals surface area contributed by atoms with Crippen LogP contribution in [-0.4, -0.2) is 122 Å². The number of nitrogens with zero attached hydrogens (tertiary/aromatic N) is 6. The van der Waals surface area contributed by atoms with E-state index in [9.17, 15) is 14.4 Å². The number of benzene rings is 2. The number of rotatable bonds is 14. The largest absolute Gasteiger partial charge is 0.453 e. The summed E-state index contributed by atoms with van der Waals surface area (Å²) in [6.07, 6.45) is 6.87. The van der Waals surface area contributed by atoms with Gasteiger partial charge >= 0.3 is 6.09 Å². The summed E-state index contributed by atoms with van der Waals surface area (Å²) < 4.78 is 21.0. The monoisotopic (exact) mass is 793 g/mol. The van der Waals surface area contributed by atoms with Gasteiger partial charge in [0.2, 0.25) is 18.2 Å². The van der Waals surface area contributed by atoms with E-state index < -0.39 is 24.6 Å². The number of nitrogens with one attached hydrogen (secondary N) is 5. The van der Waals surface area contributed by atoms with Crippen LogP contribution in [0.25, 0.3) is 33.6 Å². The fourth-order valence-electron chi connectivity index (χ4n) is 7.86. The number of aromatic amines is 3. The predicted molar refractivity (Wildman–Crippen MR) is 208 cm³/mol. The minimum atomic E-state index is -0.873. The van der Waals surface area contributed by atoms with Gasteiger partial charge in [0, 0.05) is 32.8 Å². The highest BCUT2D eigenvalue weighted by Gasteiger charge is 2.40. The fraction of sp³-hybridized carbons (Fsp3) is 0.425. The Morgan fingerprint density at radius 1 is 0.828 bits per heavy atom. The summed E-state index contributed by atoms with van der Waals surface area (Å²) in [5.74, 6) is 1.11. The first-order valence-electron chi connectivity index (χ1n) is 19.4. The van der Waals surface area contributed by atoms with E-state index in [0.717, 1.165) is 65.1 Å². The SMILES string of the molecule is COC(=O)N[C@@H](Cc1c[nH]nn1)C(=O)N1CCC[C@H]1c1ncc(-c2ccc(-c3ccc(-c4cnc([C@@H]5CCCN5C(=O)[C@@H](NC5OCO5)[C@@H](C)OC)[nH]4)cc3)cc2)[nH]1. The molecule has 0 radical (unpaired) electrons. The van der Waals surface area contributed by atoms with Crippen LogP contribution in [0.5, 0.6) is 0 Å². The summed E-state index contributed by atoms with van der Waals surface area (Å²) in [6.45, 7) is 3.21. The normalized spacial score (nSPS) is 19.8. The van der Waals surface area contributed by atoms with E-state index in [-0.39, 0.29) is 43.2 Å². The Bertz CT molecular complexity index is 2170. The minimum absolute atomic E-state index is 0.0788. The summed E-state index contributed by atoms with van der Waals surface area (Å²) in [5, 5.41) is 16.1. The molecule has 3 aliphatic rings. The molecule has 18 heteroatoms. The molecule has 0 saturated carbocycles. The first-order valence-corrected chi connectivity index (χ1v) is 19.4. The van der Waals surface area contributed by atoms with Gasteiger partial charge in [0.15, 0.2) is 6.79 Å². The van der Waals surface area contributed by atoms with Gasteiger partial charge in [-0.2, -0.15) is 0 Å². The number of amides is 3. The lowest BCUT2D eigenvalue weighted by atomic mass is 10.0. The number of aromatic nitrogens is 7. The second kappa shape index (κ2) is 17.3. The summed E-state index contributed by atoms with van der Waals surface area (Å²) in [5.41, 5.74) is 6.30. The van der Waals surface area contributed by atoms with Crippen LogP contribution in [0.3, 0.4) is 0 Å². The summed E-state index contributed by atoms with van der Waals surface area (Å²) >= 11 is 0. The van der Waals surface area contributed by atoms with Gasteiger partial charge in [0.05, 0.1) is 54.8 Å². The number of hydrogen-bond donors (Lipinski definition) is 5. The molecule has 5 atom stereocenters. The summed E-state index contributed by atoms with van der Waals surface area (Å²) in [6, 6.07) is 14.5. The van der Waals surface area contributed by atoms with Crippen LogP contribution in [0, 0.1) is 0 Å². The maximum Gasteiger partial charge on any atom is 0.407 e. The zero-order valence-electron chi connectivity index (χ0n) is 32.5. The predicted octanol–water partition coefficient (Wildman–Crippen LogP) is 3.83. The Kier molecular flexibility index (Phi) is 11.6. The van der Waals surface area contributed by atoms with Gasteiger partial charge in [-0.1, -0.05) is 53.7 Å². The van der Waals surface area contributed by atoms with E-state index in [1.165, 1.54) is 7.11 Å². The number of ether oxygens (including phenoxy) is 4. The van der Waals surface area contributed by atoms with Crippen molar-refractivity contribution in [2.45, 2.75) is 75.7 Å². The Hall–Kier alpha value is -5.95. The van der Waals surface area contributed by atoms with Gasteiger partial charge in [0.25, 0.3) is 0 Å². The van der Waals surface area contributed by atoms with Crippen LogP contribution in [-0.2, 0) is 35.0 Å². The minimum Gasteiger partial charge on any atom is -0.453 e. The van der Waals surface area contributed by atoms with Crippen molar-refractivity contribution >= 4 is 17.9 Å². The number of carbonyl (C=O) groups is 3. The molecule has 6 heterocycles. The van der Waals surface area contributed by atoms with Crippen LogP contribution in [0.2, 0.25) is 0 Å². The molecule has 3 saturated heterocycles. The van der Waals surface area contributed by atoms with Crippen LogP contribution in [0.1, 0.15) is 62.0 Å². The maximum absolute atomic E-state index is 13.8. The van der Waals surface area contributed by atoms with Gasteiger partial charge in [-0.15, -0.1) is 5.10 Å². The number of likely N-dealkylation sites (tertiary alicyclic amines) is 2. The van der Waals surface area contributed by atoms with Crippen molar-refractivity contribution in [3.05, 3.63) is 84.5 Å². The maximum atomic E-state index is 13.8. The van der Waals surface area contributed by atoms with E-state index >= 15 is 0 Å². The van der Waals surface area contributed by atoms with Crippen molar-refractivity contribution in [2.75, 3.05) is 34.1 Å². The number of methoxy groups -OCH3 is 2. The zero-order chi connectivity index (χ0) is 40.2. The highest BCUT2D eigenvalue weighted by atomic mass is 16.9. The van der Waals surface area contributed by atoms with E-state index in [4.69, 9.17) is 23.9 Å². The molecule has 8 rings (SSSR count). The van der Waals surface area contributed by atoms with Gasteiger partial charge in [0.1, 0.15) is 23.7 Å². The third kappa shape index (κ3) is 8.22. The highest BCUT2D eigenvalue weighted by Crippen LogP contribution is 2.35. The molecule has 3 aliphatic heterocycles. The summed E-state index contributed by atoms with van der Waals surface area (Å²) in [4.78, 5) is 59.5. The molecule has 2 aromatic carbocycles. The third-order valence-electron chi connectivity index (χ3n) is 11.1. The standard InChI is InChI=1S/C40H47N11O7/c1-23(55-2)34(47-40-57-22-58-40)38(53)51-17-5-7-33(51)36-42-21-31(45-36)27-14-10-25(11-15-27)24-8-12-26(13-9-24)30-20-41-35(44-30)32-6-4-16-50(32)37(52)29(46-39(54)56-3)18-28-19-43-49-48-28/h8-15,19-21,23,29,32-34,40,47H,4-7,16-18,22H2,1-3H3,(H,41,44)(H,42,45)(H,46,54)(H,43,48,49)/t23-,29+,32+,33+,34+/m1/s1. The lowest BCUT2D eigenvalue weighted by Crippen LogP contribution is -2.58. The molecule has 18 nitrogen and oxygen atoms in total. The molecule has 3 fully saturated rings. The lowest BCUT2D eigenvalue weighted by molar-refractivity contribution is -0.336. The average molecular weight is 794 g/mol. The van der Waals surface area contributed by atoms with Gasteiger partial charge in [-0.3, -0.25) is 20.0 Å². The third-order valence-corrected chi connectivity index (χ3v) is 11.1. The molecule has 0 bridgehead atoms. The molecule has 0 spiro atoms. The fourth-order valence-corrected chi connectivity index (χ4v) is 7.86. The molecular weight excluding hydrogens is 747 g/mol. The molecule has 304 valence electrons. The molecule has 58 heavy (non-hydrogen) atoms. The molecular formula is C40H47N11O7. The molecule has 0 unspecified atom stereocenters. The number of imidazole rings is 2. The lowest BCUT2D eigenvalue weighted by Gasteiger charge is -2.35. The quantitative estimate of drug-likeness (QED) is 0.108. The van der Waals surface area contributed by atoms with Crippen molar-refractivity contribution < 1.29 is 33.3 Å².